The molecule has 0 saturated carbocycles. The van der Waals surface area contributed by atoms with Gasteiger partial charge in [-0.15, -0.1) is 0 Å². The first-order valence-electron chi connectivity index (χ1n) is 6.53. The second-order valence-corrected chi connectivity index (χ2v) is 4.89. The van der Waals surface area contributed by atoms with Gasteiger partial charge in [0.05, 0.1) is 7.11 Å². The van der Waals surface area contributed by atoms with E-state index in [1.165, 1.54) is 0 Å². The highest BCUT2D eigenvalue weighted by Gasteiger charge is 2.08. The van der Waals surface area contributed by atoms with Crippen molar-refractivity contribution in [3.63, 3.8) is 0 Å². The second-order valence-electron chi connectivity index (χ2n) is 4.89. The lowest BCUT2D eigenvalue weighted by Gasteiger charge is -2.12. The third-order valence-corrected chi connectivity index (χ3v) is 3.20. The van der Waals surface area contributed by atoms with E-state index in [2.05, 4.69) is 0 Å². The number of rotatable bonds is 5. The number of hydrogen-bond donors (Lipinski definition) is 0. The molecule has 2 aromatic carbocycles. The van der Waals surface area contributed by atoms with E-state index in [0.717, 1.165) is 22.6 Å². The number of hydrogen-bond acceptors (Lipinski definition) is 3. The fourth-order valence-electron chi connectivity index (χ4n) is 2.02. The molecule has 0 heterocycles. The zero-order chi connectivity index (χ0) is 14.5. The number of benzene rings is 2. The average Bonchev–Trinajstić information content (AvgIpc) is 2.47. The Bertz CT molecular complexity index is 588. The van der Waals surface area contributed by atoms with Gasteiger partial charge in [-0.05, 0) is 42.0 Å². The number of nitrogens with zero attached hydrogens (tertiary/aromatic N) is 1. The van der Waals surface area contributed by atoms with Gasteiger partial charge < -0.3 is 9.64 Å². The monoisotopic (exact) mass is 269 g/mol. The van der Waals surface area contributed by atoms with Gasteiger partial charge in [-0.2, -0.15) is 0 Å². The summed E-state index contributed by atoms with van der Waals surface area (Å²) in [6, 6.07) is 15.3. The maximum atomic E-state index is 12.2. The molecular formula is C17H19NO2. The lowest BCUT2D eigenvalue weighted by atomic mass is 10.0. The van der Waals surface area contributed by atoms with Crippen molar-refractivity contribution in [1.82, 2.24) is 0 Å². The fourth-order valence-corrected chi connectivity index (χ4v) is 2.02. The van der Waals surface area contributed by atoms with Gasteiger partial charge >= 0.3 is 0 Å². The Hall–Kier alpha value is -2.29. The van der Waals surface area contributed by atoms with Gasteiger partial charge in [-0.1, -0.05) is 12.1 Å². The van der Waals surface area contributed by atoms with Crippen LogP contribution in [0, 0.1) is 0 Å². The molecule has 0 aliphatic heterocycles. The van der Waals surface area contributed by atoms with Crippen molar-refractivity contribution < 1.29 is 9.53 Å². The molecule has 2 aromatic rings. The van der Waals surface area contributed by atoms with E-state index >= 15 is 0 Å². The van der Waals surface area contributed by atoms with E-state index in [1.807, 2.05) is 67.5 Å². The molecule has 20 heavy (non-hydrogen) atoms. The van der Waals surface area contributed by atoms with Gasteiger partial charge in [-0.25, -0.2) is 0 Å². The van der Waals surface area contributed by atoms with Crippen LogP contribution in [0.15, 0.2) is 48.5 Å². The minimum absolute atomic E-state index is 0.114. The molecule has 0 atom stereocenters. The first-order chi connectivity index (χ1) is 9.60. The minimum atomic E-state index is 0.114. The predicted molar refractivity (Wildman–Crippen MR) is 81.8 cm³/mol. The number of ether oxygens (including phenoxy) is 1. The lowest BCUT2D eigenvalue weighted by molar-refractivity contribution is 0.0993. The normalized spacial score (nSPS) is 10.2. The van der Waals surface area contributed by atoms with Gasteiger partial charge in [0.1, 0.15) is 5.75 Å². The van der Waals surface area contributed by atoms with Crippen LogP contribution in [-0.2, 0) is 6.42 Å². The number of anilines is 1. The third kappa shape index (κ3) is 3.38. The van der Waals surface area contributed by atoms with Crippen LogP contribution < -0.4 is 9.64 Å². The summed E-state index contributed by atoms with van der Waals surface area (Å²) in [5.41, 5.74) is 2.78. The summed E-state index contributed by atoms with van der Waals surface area (Å²) in [4.78, 5) is 14.3. The van der Waals surface area contributed by atoms with Gasteiger partial charge in [0, 0.05) is 31.8 Å². The Labute approximate surface area is 119 Å². The summed E-state index contributed by atoms with van der Waals surface area (Å²) in [7, 11) is 5.58. The van der Waals surface area contributed by atoms with Crippen molar-refractivity contribution in [2.45, 2.75) is 6.42 Å². The standard InChI is InChI=1S/C17H19NO2/c1-18(2)15-9-7-14(8-10-15)17(19)12-13-5-4-6-16(11-13)20-3/h4-11H,12H2,1-3H3. The molecule has 0 aliphatic rings. The predicted octanol–water partition coefficient (Wildman–Crippen LogP) is 3.19. The molecule has 2 rings (SSSR count). The number of carbonyl (C=O) groups excluding carboxylic acids is 1. The Kier molecular flexibility index (Phi) is 4.41. The van der Waals surface area contributed by atoms with E-state index in [9.17, 15) is 4.79 Å². The third-order valence-electron chi connectivity index (χ3n) is 3.20. The van der Waals surface area contributed by atoms with Crippen LogP contribution in [0.25, 0.3) is 0 Å². The molecule has 3 nitrogen and oxygen atoms in total. The molecule has 0 spiro atoms. The fraction of sp³-hybridized carbons (Fsp3) is 0.235. The number of ketones is 1. The molecule has 0 saturated heterocycles. The Balaban J connectivity index is 2.11. The van der Waals surface area contributed by atoms with Crippen molar-refractivity contribution in [1.29, 1.82) is 0 Å². The van der Waals surface area contributed by atoms with Crippen LogP contribution >= 0.6 is 0 Å². The van der Waals surface area contributed by atoms with Crippen molar-refractivity contribution in [2.75, 3.05) is 26.1 Å². The van der Waals surface area contributed by atoms with Gasteiger partial charge in [0.25, 0.3) is 0 Å². The minimum Gasteiger partial charge on any atom is -0.497 e. The molecule has 3 heteroatoms. The van der Waals surface area contributed by atoms with Gasteiger partial charge in [-0.3, -0.25) is 4.79 Å². The lowest BCUT2D eigenvalue weighted by Crippen LogP contribution is -2.09. The van der Waals surface area contributed by atoms with Crippen molar-refractivity contribution in [3.05, 3.63) is 59.7 Å². The second kappa shape index (κ2) is 6.24. The number of methoxy groups -OCH3 is 1. The van der Waals surface area contributed by atoms with Crippen molar-refractivity contribution in [3.8, 4) is 5.75 Å². The van der Waals surface area contributed by atoms with E-state index < -0.39 is 0 Å². The Morgan fingerprint density at radius 2 is 1.80 bits per heavy atom. The van der Waals surface area contributed by atoms with Crippen LogP contribution in [0.3, 0.4) is 0 Å². The van der Waals surface area contributed by atoms with Gasteiger partial charge in [0.15, 0.2) is 5.78 Å². The molecule has 0 aliphatic carbocycles. The molecular weight excluding hydrogens is 250 g/mol. The molecule has 0 fully saturated rings. The zero-order valence-corrected chi connectivity index (χ0v) is 12.1. The summed E-state index contributed by atoms with van der Waals surface area (Å²) in [5, 5.41) is 0. The van der Waals surface area contributed by atoms with Crippen LogP contribution in [-0.4, -0.2) is 27.0 Å². The van der Waals surface area contributed by atoms with E-state index in [1.54, 1.807) is 7.11 Å². The topological polar surface area (TPSA) is 29.5 Å². The van der Waals surface area contributed by atoms with Crippen molar-refractivity contribution in [2.24, 2.45) is 0 Å². The first-order valence-corrected chi connectivity index (χ1v) is 6.53. The van der Waals surface area contributed by atoms with Gasteiger partial charge in [0.2, 0.25) is 0 Å². The molecule has 104 valence electrons. The maximum absolute atomic E-state index is 12.2. The maximum Gasteiger partial charge on any atom is 0.167 e. The van der Waals surface area contributed by atoms with Crippen molar-refractivity contribution >= 4 is 11.5 Å². The SMILES string of the molecule is COc1cccc(CC(=O)c2ccc(N(C)C)cc2)c1. The summed E-state index contributed by atoms with van der Waals surface area (Å²) >= 11 is 0. The molecule has 0 amide bonds. The highest BCUT2D eigenvalue weighted by Crippen LogP contribution is 2.17. The van der Waals surface area contributed by atoms with E-state index in [0.29, 0.717) is 6.42 Å². The van der Waals surface area contributed by atoms with E-state index in [-0.39, 0.29) is 5.78 Å². The number of carbonyl (C=O) groups is 1. The largest absolute Gasteiger partial charge is 0.497 e. The van der Waals surface area contributed by atoms with Crippen LogP contribution in [0.5, 0.6) is 5.75 Å². The molecule has 0 aromatic heterocycles. The number of Topliss-reactive ketones (excluding diaryl/α,β-unsaturated/α-hetero) is 1. The molecule has 0 radical (unpaired) electrons. The quantitative estimate of drug-likeness (QED) is 0.781. The molecule has 0 bridgehead atoms. The van der Waals surface area contributed by atoms with Crippen LogP contribution in [0.4, 0.5) is 5.69 Å². The zero-order valence-electron chi connectivity index (χ0n) is 12.1. The Morgan fingerprint density at radius 1 is 1.10 bits per heavy atom. The van der Waals surface area contributed by atoms with Crippen LogP contribution in [0.2, 0.25) is 0 Å². The summed E-state index contributed by atoms with van der Waals surface area (Å²) in [6.07, 6.45) is 0.387. The van der Waals surface area contributed by atoms with Crippen LogP contribution in [0.1, 0.15) is 15.9 Å². The van der Waals surface area contributed by atoms with E-state index in [4.69, 9.17) is 4.74 Å². The Morgan fingerprint density at radius 3 is 2.40 bits per heavy atom. The highest BCUT2D eigenvalue weighted by molar-refractivity contribution is 5.97. The average molecular weight is 269 g/mol. The molecule has 0 unspecified atom stereocenters. The summed E-state index contributed by atoms with van der Waals surface area (Å²) in [5.74, 6) is 0.891. The molecule has 0 N–H and O–H groups in total. The first kappa shape index (κ1) is 14.1. The summed E-state index contributed by atoms with van der Waals surface area (Å²) in [6.45, 7) is 0. The summed E-state index contributed by atoms with van der Waals surface area (Å²) < 4.78 is 5.17. The highest BCUT2D eigenvalue weighted by atomic mass is 16.5. The smallest absolute Gasteiger partial charge is 0.167 e.